The van der Waals surface area contributed by atoms with Crippen molar-refractivity contribution in [2.75, 3.05) is 0 Å². The maximum atomic E-state index is 9.42. The molecule has 1 aromatic heterocycles. The zero-order valence-corrected chi connectivity index (χ0v) is 11.4. The maximum absolute atomic E-state index is 9.42. The van der Waals surface area contributed by atoms with E-state index < -0.39 is 0 Å². The van der Waals surface area contributed by atoms with E-state index in [0.717, 1.165) is 29.0 Å². The average Bonchev–Trinajstić information content (AvgIpc) is 3.30. The molecule has 4 rings (SSSR count). The van der Waals surface area contributed by atoms with Gasteiger partial charge in [-0.1, -0.05) is 24.3 Å². The smallest absolute Gasteiger partial charge is 0.131 e. The summed E-state index contributed by atoms with van der Waals surface area (Å²) in [5.74, 6) is 0.791. The second kappa shape index (κ2) is 4.31. The van der Waals surface area contributed by atoms with Crippen LogP contribution in [-0.2, 0) is 18.6 Å². The van der Waals surface area contributed by atoms with Gasteiger partial charge in [0.15, 0.2) is 0 Å². The minimum absolute atomic E-state index is 0.0409. The average molecular weight is 278 g/mol. The summed E-state index contributed by atoms with van der Waals surface area (Å²) < 4.78 is 5.89. The number of ether oxygens (including phenoxy) is 1. The summed E-state index contributed by atoms with van der Waals surface area (Å²) in [4.78, 5) is 4.49. The Balaban J connectivity index is 1.96. The zero-order valence-electron chi connectivity index (χ0n) is 11.4. The number of rotatable bonds is 1. The van der Waals surface area contributed by atoms with Gasteiger partial charge in [-0.25, -0.2) is 0 Å². The first kappa shape index (κ1) is 12.4. The van der Waals surface area contributed by atoms with Crippen molar-refractivity contribution in [2.45, 2.75) is 25.0 Å². The molecule has 2 heterocycles. The number of aromatic nitrogens is 1. The molecule has 4 heteroatoms. The number of pyridine rings is 1. The number of nitrogens with zero attached hydrogens (tertiary/aromatic N) is 2. The fourth-order valence-corrected chi connectivity index (χ4v) is 3.42. The Hall–Kier alpha value is -2.38. The third-order valence-electron chi connectivity index (χ3n) is 4.52. The molecule has 1 saturated carbocycles. The van der Waals surface area contributed by atoms with E-state index in [1.54, 1.807) is 0 Å². The summed E-state index contributed by atoms with van der Waals surface area (Å²) in [6, 6.07) is 14.2. The van der Waals surface area contributed by atoms with Crippen LogP contribution in [0.5, 0.6) is 5.75 Å². The van der Waals surface area contributed by atoms with Gasteiger partial charge in [0, 0.05) is 11.0 Å². The molecule has 1 unspecified atom stereocenters. The standard InChI is InChI=1S/C17H14N2O2/c18-8-11-7-17(11)13-6-5-12(9-20)19-15(13)10-21-16-4-2-1-3-14(16)17/h1-6,11,20H,7,9-10H2/t11?,17-/m1/s1. The number of para-hydroxylation sites is 1. The van der Waals surface area contributed by atoms with Crippen LogP contribution in [0.1, 0.15) is 28.9 Å². The highest BCUT2D eigenvalue weighted by Crippen LogP contribution is 2.62. The molecule has 1 N–H and O–H groups in total. The van der Waals surface area contributed by atoms with Gasteiger partial charge < -0.3 is 9.84 Å². The largest absolute Gasteiger partial charge is 0.487 e. The van der Waals surface area contributed by atoms with Crippen molar-refractivity contribution in [3.63, 3.8) is 0 Å². The van der Waals surface area contributed by atoms with E-state index in [1.807, 2.05) is 36.4 Å². The van der Waals surface area contributed by atoms with E-state index >= 15 is 0 Å². The van der Waals surface area contributed by atoms with E-state index in [2.05, 4.69) is 11.1 Å². The Morgan fingerprint density at radius 1 is 1.29 bits per heavy atom. The molecule has 104 valence electrons. The molecule has 0 radical (unpaired) electrons. The predicted octanol–water partition coefficient (Wildman–Crippen LogP) is 2.30. The molecule has 4 nitrogen and oxygen atoms in total. The first-order valence-corrected chi connectivity index (χ1v) is 7.01. The maximum Gasteiger partial charge on any atom is 0.131 e. The molecule has 0 amide bonds. The second-order valence-corrected chi connectivity index (χ2v) is 5.60. The molecule has 1 aromatic carbocycles. The summed E-state index contributed by atoms with van der Waals surface area (Å²) in [5, 5.41) is 18.7. The van der Waals surface area contributed by atoms with Crippen molar-refractivity contribution in [3.8, 4) is 11.8 Å². The van der Waals surface area contributed by atoms with E-state index in [9.17, 15) is 10.4 Å². The van der Waals surface area contributed by atoms with Crippen molar-refractivity contribution in [2.24, 2.45) is 5.92 Å². The van der Waals surface area contributed by atoms with E-state index in [1.165, 1.54) is 0 Å². The van der Waals surface area contributed by atoms with Crippen LogP contribution in [-0.4, -0.2) is 10.1 Å². The number of hydrogen-bond donors (Lipinski definition) is 1. The zero-order chi connectivity index (χ0) is 14.4. The Morgan fingerprint density at radius 3 is 2.90 bits per heavy atom. The molecular weight excluding hydrogens is 264 g/mol. The van der Waals surface area contributed by atoms with Gasteiger partial charge in [0.05, 0.1) is 30.0 Å². The highest BCUT2D eigenvalue weighted by Gasteiger charge is 2.60. The van der Waals surface area contributed by atoms with Gasteiger partial charge in [-0.2, -0.15) is 5.26 Å². The molecule has 21 heavy (non-hydrogen) atoms. The van der Waals surface area contributed by atoms with Gasteiger partial charge in [0.25, 0.3) is 0 Å². The number of aliphatic hydroxyl groups is 1. The molecule has 1 fully saturated rings. The van der Waals surface area contributed by atoms with Crippen molar-refractivity contribution in [3.05, 3.63) is 58.9 Å². The molecular formula is C17H14N2O2. The molecule has 2 aromatic rings. The lowest BCUT2D eigenvalue weighted by molar-refractivity contribution is 0.273. The Kier molecular flexibility index (Phi) is 2.54. The van der Waals surface area contributed by atoms with Crippen LogP contribution in [0.2, 0.25) is 0 Å². The second-order valence-electron chi connectivity index (χ2n) is 5.60. The quantitative estimate of drug-likeness (QED) is 0.869. The van der Waals surface area contributed by atoms with Gasteiger partial charge in [0.2, 0.25) is 0 Å². The van der Waals surface area contributed by atoms with Crippen molar-refractivity contribution >= 4 is 0 Å². The van der Waals surface area contributed by atoms with Crippen molar-refractivity contribution in [1.29, 1.82) is 5.26 Å². The van der Waals surface area contributed by atoms with E-state index in [0.29, 0.717) is 12.3 Å². The number of aliphatic hydroxyl groups excluding tert-OH is 1. The number of hydrogen-bond acceptors (Lipinski definition) is 4. The predicted molar refractivity (Wildman–Crippen MR) is 75.4 cm³/mol. The third-order valence-corrected chi connectivity index (χ3v) is 4.52. The lowest BCUT2D eigenvalue weighted by Gasteiger charge is -2.18. The Labute approximate surface area is 122 Å². The molecule has 0 saturated heterocycles. The van der Waals surface area contributed by atoms with E-state index in [-0.39, 0.29) is 17.9 Å². The number of nitriles is 1. The highest BCUT2D eigenvalue weighted by molar-refractivity contribution is 5.57. The summed E-state index contributed by atoms with van der Waals surface area (Å²) in [5.41, 5.74) is 3.31. The van der Waals surface area contributed by atoms with Crippen LogP contribution in [0.4, 0.5) is 0 Å². The fourth-order valence-electron chi connectivity index (χ4n) is 3.42. The molecule has 1 aliphatic carbocycles. The summed E-state index contributed by atoms with van der Waals surface area (Å²) >= 11 is 0. The summed E-state index contributed by atoms with van der Waals surface area (Å²) in [6.07, 6.45) is 0.803. The molecule has 2 atom stereocenters. The summed E-state index contributed by atoms with van der Waals surface area (Å²) in [6.45, 7) is 0.287. The molecule has 1 spiro atoms. The minimum atomic E-state index is -0.293. The highest BCUT2D eigenvalue weighted by atomic mass is 16.5. The molecule has 1 aliphatic heterocycles. The van der Waals surface area contributed by atoms with Crippen LogP contribution in [0.3, 0.4) is 0 Å². The van der Waals surface area contributed by atoms with E-state index in [4.69, 9.17) is 4.74 Å². The first-order chi connectivity index (χ1) is 10.3. The van der Waals surface area contributed by atoms with Crippen LogP contribution in [0, 0.1) is 17.2 Å². The lowest BCUT2D eigenvalue weighted by Crippen LogP contribution is -2.14. The fraction of sp³-hybridized carbons (Fsp3) is 0.294. The third kappa shape index (κ3) is 1.61. The monoisotopic (exact) mass is 278 g/mol. The first-order valence-electron chi connectivity index (χ1n) is 7.01. The SMILES string of the molecule is N#CC1C[C@@]12c1ccccc1OCc1nc(CO)ccc12. The number of fused-ring (bicyclic) bond motifs is 4. The topological polar surface area (TPSA) is 66.1 Å². The van der Waals surface area contributed by atoms with Gasteiger partial charge in [-0.15, -0.1) is 0 Å². The van der Waals surface area contributed by atoms with Gasteiger partial charge in [-0.05, 0) is 24.1 Å². The van der Waals surface area contributed by atoms with Gasteiger partial charge in [-0.3, -0.25) is 4.98 Å². The molecule has 2 aliphatic rings. The molecule has 0 bridgehead atoms. The van der Waals surface area contributed by atoms with Crippen LogP contribution in [0.25, 0.3) is 0 Å². The number of benzene rings is 1. The lowest BCUT2D eigenvalue weighted by atomic mass is 9.85. The summed E-state index contributed by atoms with van der Waals surface area (Å²) in [7, 11) is 0. The van der Waals surface area contributed by atoms with Crippen LogP contribution >= 0.6 is 0 Å². The van der Waals surface area contributed by atoms with Crippen molar-refractivity contribution in [1.82, 2.24) is 4.98 Å². The van der Waals surface area contributed by atoms with Crippen LogP contribution in [0.15, 0.2) is 36.4 Å². The Bertz CT molecular complexity index is 766. The van der Waals surface area contributed by atoms with Gasteiger partial charge in [0.1, 0.15) is 12.4 Å². The van der Waals surface area contributed by atoms with Crippen LogP contribution < -0.4 is 4.74 Å². The van der Waals surface area contributed by atoms with Gasteiger partial charge >= 0.3 is 0 Å². The minimum Gasteiger partial charge on any atom is -0.487 e. The normalized spacial score (nSPS) is 25.2. The van der Waals surface area contributed by atoms with Crippen molar-refractivity contribution < 1.29 is 9.84 Å². The Morgan fingerprint density at radius 2 is 2.14 bits per heavy atom.